The second kappa shape index (κ2) is 9.56. The van der Waals surface area contributed by atoms with Crippen LogP contribution in [0.15, 0.2) is 48.8 Å². The lowest BCUT2D eigenvalue weighted by Crippen LogP contribution is -2.42. The number of carbonyl (C=O) groups is 1. The monoisotopic (exact) mass is 394 g/mol. The van der Waals surface area contributed by atoms with Gasteiger partial charge in [-0.15, -0.1) is 0 Å². The molecule has 6 heteroatoms. The molecule has 0 aliphatic heterocycles. The Morgan fingerprint density at radius 3 is 2.90 bits per heavy atom. The van der Waals surface area contributed by atoms with Crippen LogP contribution < -0.4 is 10.6 Å². The van der Waals surface area contributed by atoms with Crippen molar-refractivity contribution in [3.05, 3.63) is 60.1 Å². The molecule has 3 rings (SSSR count). The van der Waals surface area contributed by atoms with Crippen molar-refractivity contribution in [2.75, 3.05) is 11.9 Å². The van der Waals surface area contributed by atoms with Gasteiger partial charge in [-0.1, -0.05) is 31.2 Å². The van der Waals surface area contributed by atoms with Gasteiger partial charge in [0.1, 0.15) is 11.5 Å². The highest BCUT2D eigenvalue weighted by Gasteiger charge is 2.22. The van der Waals surface area contributed by atoms with E-state index in [-0.39, 0.29) is 24.5 Å². The molecule has 0 aromatic carbocycles. The highest BCUT2D eigenvalue weighted by atomic mass is 16.3. The first kappa shape index (κ1) is 20.9. The van der Waals surface area contributed by atoms with Crippen LogP contribution >= 0.6 is 0 Å². The molecular formula is C23H30N4O2. The van der Waals surface area contributed by atoms with Crippen LogP contribution in [0, 0.1) is 12.8 Å². The molecule has 0 saturated carbocycles. The topological polar surface area (TPSA) is 90.0 Å². The van der Waals surface area contributed by atoms with Crippen molar-refractivity contribution < 1.29 is 9.90 Å². The maximum atomic E-state index is 12.7. The average molecular weight is 395 g/mol. The molecule has 0 saturated heterocycles. The number of allylic oxidation sites excluding steroid dienone is 3. The Balaban J connectivity index is 1.74. The number of nitrogens with one attached hydrogen (secondary N) is 3. The van der Waals surface area contributed by atoms with Gasteiger partial charge < -0.3 is 20.7 Å². The van der Waals surface area contributed by atoms with Gasteiger partial charge >= 0.3 is 0 Å². The second-order valence-corrected chi connectivity index (χ2v) is 7.62. The number of aromatic nitrogens is 2. The largest absolute Gasteiger partial charge is 0.394 e. The third-order valence-electron chi connectivity index (χ3n) is 5.39. The lowest BCUT2D eigenvalue weighted by atomic mass is 9.93. The van der Waals surface area contributed by atoms with Gasteiger partial charge in [0.05, 0.1) is 12.6 Å². The third-order valence-corrected chi connectivity index (χ3v) is 5.39. The van der Waals surface area contributed by atoms with Crippen LogP contribution in [0.4, 0.5) is 5.82 Å². The maximum absolute atomic E-state index is 12.7. The number of carbonyl (C=O) groups excluding carboxylic acids is 1. The van der Waals surface area contributed by atoms with Crippen LogP contribution in [0.25, 0.3) is 11.1 Å². The van der Waals surface area contributed by atoms with E-state index >= 15 is 0 Å². The van der Waals surface area contributed by atoms with Gasteiger partial charge in [0, 0.05) is 29.9 Å². The Morgan fingerprint density at radius 2 is 2.21 bits per heavy atom. The fraction of sp³-hybridized carbons (Fsp3) is 0.391. The van der Waals surface area contributed by atoms with Crippen molar-refractivity contribution in [3.63, 3.8) is 0 Å². The Kier molecular flexibility index (Phi) is 6.88. The van der Waals surface area contributed by atoms with Crippen molar-refractivity contribution in [2.24, 2.45) is 5.92 Å². The van der Waals surface area contributed by atoms with E-state index in [4.69, 9.17) is 0 Å². The van der Waals surface area contributed by atoms with E-state index in [1.807, 2.05) is 55.8 Å². The molecule has 0 fully saturated rings. The first-order valence-corrected chi connectivity index (χ1v) is 10.2. The predicted molar refractivity (Wildman–Crippen MR) is 117 cm³/mol. The first-order valence-electron chi connectivity index (χ1n) is 10.2. The molecule has 6 nitrogen and oxygen atoms in total. The van der Waals surface area contributed by atoms with Crippen LogP contribution in [0.3, 0.4) is 0 Å². The third kappa shape index (κ3) is 5.15. The van der Waals surface area contributed by atoms with E-state index in [2.05, 4.69) is 34.4 Å². The fourth-order valence-corrected chi connectivity index (χ4v) is 3.38. The lowest BCUT2D eigenvalue weighted by molar-refractivity contribution is 0.0895. The molecule has 2 heterocycles. The number of amides is 1. The molecule has 29 heavy (non-hydrogen) atoms. The molecule has 0 spiro atoms. The predicted octanol–water partition coefficient (Wildman–Crippen LogP) is 3.82. The SMILES string of the molecule is CCC(C)Nc1cc(-c2c[nH]c(C(=O)N[C@H](CO)C3C=CC=CC3)c2)c(C)cn1. The highest BCUT2D eigenvalue weighted by molar-refractivity contribution is 5.94. The van der Waals surface area contributed by atoms with Crippen molar-refractivity contribution in [1.82, 2.24) is 15.3 Å². The number of aliphatic hydroxyl groups is 1. The number of nitrogens with zero attached hydrogens (tertiary/aromatic N) is 1. The fourth-order valence-electron chi connectivity index (χ4n) is 3.38. The summed E-state index contributed by atoms with van der Waals surface area (Å²) in [5.41, 5.74) is 3.47. The molecule has 0 bridgehead atoms. The number of anilines is 1. The van der Waals surface area contributed by atoms with Gasteiger partial charge in [-0.05, 0) is 49.9 Å². The summed E-state index contributed by atoms with van der Waals surface area (Å²) in [5.74, 6) is 0.701. The molecular weight excluding hydrogens is 364 g/mol. The van der Waals surface area contributed by atoms with E-state index in [9.17, 15) is 9.90 Å². The summed E-state index contributed by atoms with van der Waals surface area (Å²) in [5, 5.41) is 16.1. The number of aryl methyl sites for hydroxylation is 1. The van der Waals surface area contributed by atoms with Gasteiger partial charge in [0.25, 0.3) is 5.91 Å². The van der Waals surface area contributed by atoms with Crippen molar-refractivity contribution in [2.45, 2.75) is 45.7 Å². The van der Waals surface area contributed by atoms with Crippen LogP contribution in [0.2, 0.25) is 0 Å². The van der Waals surface area contributed by atoms with Gasteiger partial charge in [-0.2, -0.15) is 0 Å². The number of H-pyrrole nitrogens is 1. The van der Waals surface area contributed by atoms with E-state index < -0.39 is 0 Å². The van der Waals surface area contributed by atoms with E-state index in [1.54, 1.807) is 0 Å². The number of pyridine rings is 1. The van der Waals surface area contributed by atoms with Gasteiger partial charge in [0.2, 0.25) is 0 Å². The number of aliphatic hydroxyl groups excluding tert-OH is 1. The van der Waals surface area contributed by atoms with Gasteiger partial charge in [-0.25, -0.2) is 4.98 Å². The summed E-state index contributed by atoms with van der Waals surface area (Å²) >= 11 is 0. The van der Waals surface area contributed by atoms with Crippen LogP contribution in [-0.2, 0) is 0 Å². The molecule has 1 aliphatic rings. The number of rotatable bonds is 8. The number of aromatic amines is 1. The summed E-state index contributed by atoms with van der Waals surface area (Å²) in [4.78, 5) is 20.2. The summed E-state index contributed by atoms with van der Waals surface area (Å²) in [6, 6.07) is 3.88. The Hall–Kier alpha value is -2.86. The molecule has 2 aromatic heterocycles. The minimum atomic E-state index is -0.315. The molecule has 1 aliphatic carbocycles. The normalized spacial score (nSPS) is 17.7. The molecule has 2 aromatic rings. The Morgan fingerprint density at radius 1 is 1.38 bits per heavy atom. The first-order chi connectivity index (χ1) is 14.0. The summed E-state index contributed by atoms with van der Waals surface area (Å²) in [6.07, 6.45) is 13.5. The van der Waals surface area contributed by atoms with Crippen LogP contribution in [0.5, 0.6) is 0 Å². The highest BCUT2D eigenvalue weighted by Crippen LogP contribution is 2.26. The zero-order valence-corrected chi connectivity index (χ0v) is 17.3. The zero-order chi connectivity index (χ0) is 20.8. The van der Waals surface area contributed by atoms with E-state index in [1.165, 1.54) is 0 Å². The van der Waals surface area contributed by atoms with Crippen molar-refractivity contribution in [3.8, 4) is 11.1 Å². The molecule has 0 radical (unpaired) electrons. The smallest absolute Gasteiger partial charge is 0.268 e. The number of hydrogen-bond donors (Lipinski definition) is 4. The quantitative estimate of drug-likeness (QED) is 0.548. The van der Waals surface area contributed by atoms with Gasteiger partial charge in [0.15, 0.2) is 0 Å². The Labute approximate surface area is 172 Å². The zero-order valence-electron chi connectivity index (χ0n) is 17.3. The van der Waals surface area contributed by atoms with Crippen molar-refractivity contribution >= 4 is 11.7 Å². The average Bonchev–Trinajstić information content (AvgIpc) is 3.24. The number of hydrogen-bond acceptors (Lipinski definition) is 4. The van der Waals surface area contributed by atoms with Gasteiger partial charge in [-0.3, -0.25) is 4.79 Å². The molecule has 4 N–H and O–H groups in total. The van der Waals surface area contributed by atoms with Crippen LogP contribution in [-0.4, -0.2) is 39.7 Å². The van der Waals surface area contributed by atoms with Crippen molar-refractivity contribution in [1.29, 1.82) is 0 Å². The molecule has 154 valence electrons. The van der Waals surface area contributed by atoms with E-state index in [0.717, 1.165) is 35.3 Å². The molecule has 1 amide bonds. The summed E-state index contributed by atoms with van der Waals surface area (Å²) in [7, 11) is 0. The summed E-state index contributed by atoms with van der Waals surface area (Å²) < 4.78 is 0. The molecule has 2 unspecified atom stereocenters. The second-order valence-electron chi connectivity index (χ2n) is 7.62. The maximum Gasteiger partial charge on any atom is 0.268 e. The minimum Gasteiger partial charge on any atom is -0.394 e. The van der Waals surface area contributed by atoms with Crippen LogP contribution in [0.1, 0.15) is 42.7 Å². The standard InChI is InChI=1S/C23H30N4O2/c1-4-16(3)26-22-11-19(15(2)12-25-22)18-10-20(24-13-18)23(29)27-21(14-28)17-8-6-5-7-9-17/h5-8,10-13,16-17,21,24,28H,4,9,14H2,1-3H3,(H,25,26)(H,27,29)/t16?,17?,21-/m1/s1. The Bertz CT molecular complexity index is 900. The lowest BCUT2D eigenvalue weighted by Gasteiger charge is -2.24. The summed E-state index contributed by atoms with van der Waals surface area (Å²) in [6.45, 7) is 6.15. The minimum absolute atomic E-state index is 0.0972. The molecule has 3 atom stereocenters. The van der Waals surface area contributed by atoms with E-state index in [0.29, 0.717) is 11.7 Å².